The van der Waals surface area contributed by atoms with Gasteiger partial charge in [0, 0.05) is 18.6 Å². The number of rotatable bonds is 4. The van der Waals surface area contributed by atoms with Gasteiger partial charge in [0.25, 0.3) is 0 Å². The summed E-state index contributed by atoms with van der Waals surface area (Å²) in [6.07, 6.45) is 2.20. The summed E-state index contributed by atoms with van der Waals surface area (Å²) in [6, 6.07) is 7.45. The highest BCUT2D eigenvalue weighted by molar-refractivity contribution is 5.30. The highest BCUT2D eigenvalue weighted by Crippen LogP contribution is 2.16. The summed E-state index contributed by atoms with van der Waals surface area (Å²) in [4.78, 5) is 4.87. The summed E-state index contributed by atoms with van der Waals surface area (Å²) >= 11 is 0. The lowest BCUT2D eigenvalue weighted by molar-refractivity contribution is 0.177. The molecule has 0 radical (unpaired) electrons. The van der Waals surface area contributed by atoms with E-state index in [2.05, 4.69) is 61.4 Å². The van der Waals surface area contributed by atoms with Crippen molar-refractivity contribution < 1.29 is 0 Å². The second-order valence-corrected chi connectivity index (χ2v) is 6.56. The number of nitrogens with one attached hydrogen (secondary N) is 1. The van der Waals surface area contributed by atoms with Gasteiger partial charge in [0.05, 0.1) is 0 Å². The molecule has 1 aromatic carbocycles. The van der Waals surface area contributed by atoms with Gasteiger partial charge in [-0.2, -0.15) is 0 Å². The second-order valence-electron chi connectivity index (χ2n) is 6.56. The third-order valence-electron chi connectivity index (χ3n) is 4.82. The van der Waals surface area contributed by atoms with E-state index in [-0.39, 0.29) is 6.04 Å². The van der Waals surface area contributed by atoms with Crippen molar-refractivity contribution in [1.29, 1.82) is 0 Å². The van der Waals surface area contributed by atoms with Gasteiger partial charge in [-0.1, -0.05) is 18.2 Å². The summed E-state index contributed by atoms with van der Waals surface area (Å²) in [5, 5.41) is 0. The molecule has 118 valence electrons. The molecular weight excluding hydrogens is 260 g/mol. The summed E-state index contributed by atoms with van der Waals surface area (Å²) in [7, 11) is 4.42. The lowest BCUT2D eigenvalue weighted by Gasteiger charge is -2.34. The van der Waals surface area contributed by atoms with E-state index in [1.54, 1.807) is 0 Å². The van der Waals surface area contributed by atoms with Crippen LogP contribution in [0, 0.1) is 13.8 Å². The van der Waals surface area contributed by atoms with Crippen LogP contribution in [0.4, 0.5) is 0 Å². The standard InChI is InChI=1S/C17H30N4/c1-13-6-7-15(10-14(13)2)11-16(19-18)17-12-20(3)8-5-9-21(17)4/h6-7,10,16-17,19H,5,8-9,11-12,18H2,1-4H3. The molecule has 2 rings (SSSR count). The minimum Gasteiger partial charge on any atom is -0.305 e. The monoisotopic (exact) mass is 290 g/mol. The molecule has 2 atom stereocenters. The van der Waals surface area contributed by atoms with Crippen molar-refractivity contribution in [1.82, 2.24) is 15.2 Å². The van der Waals surface area contributed by atoms with Gasteiger partial charge in [0.1, 0.15) is 0 Å². The Morgan fingerprint density at radius 2 is 2.00 bits per heavy atom. The Labute approximate surface area is 129 Å². The van der Waals surface area contributed by atoms with Gasteiger partial charge >= 0.3 is 0 Å². The first-order chi connectivity index (χ1) is 10.0. The van der Waals surface area contributed by atoms with Crippen molar-refractivity contribution in [2.24, 2.45) is 5.84 Å². The number of nitrogens with zero attached hydrogens (tertiary/aromatic N) is 2. The molecule has 0 amide bonds. The predicted octanol–water partition coefficient (Wildman–Crippen LogP) is 1.31. The molecule has 1 heterocycles. The molecule has 0 saturated carbocycles. The summed E-state index contributed by atoms with van der Waals surface area (Å²) < 4.78 is 0. The Bertz CT molecular complexity index is 460. The molecule has 2 unspecified atom stereocenters. The average Bonchev–Trinajstić information content (AvgIpc) is 2.61. The first-order valence-corrected chi connectivity index (χ1v) is 7.92. The quantitative estimate of drug-likeness (QED) is 0.648. The molecule has 4 nitrogen and oxygen atoms in total. The molecular formula is C17H30N4. The van der Waals surface area contributed by atoms with Crippen molar-refractivity contribution in [3.63, 3.8) is 0 Å². The lowest BCUT2D eigenvalue weighted by Crippen LogP contribution is -2.55. The number of hydrogen-bond acceptors (Lipinski definition) is 4. The molecule has 0 spiro atoms. The zero-order valence-electron chi connectivity index (χ0n) is 13.9. The van der Waals surface area contributed by atoms with E-state index in [4.69, 9.17) is 5.84 Å². The zero-order valence-corrected chi connectivity index (χ0v) is 13.9. The zero-order chi connectivity index (χ0) is 15.4. The SMILES string of the molecule is Cc1ccc(CC(NN)C2CN(C)CCCN2C)cc1C. The lowest BCUT2D eigenvalue weighted by atomic mass is 9.96. The van der Waals surface area contributed by atoms with Crippen LogP contribution in [-0.2, 0) is 6.42 Å². The highest BCUT2D eigenvalue weighted by Gasteiger charge is 2.28. The van der Waals surface area contributed by atoms with Crippen molar-refractivity contribution in [2.45, 2.75) is 38.8 Å². The van der Waals surface area contributed by atoms with Crippen LogP contribution in [0.1, 0.15) is 23.1 Å². The molecule has 0 aromatic heterocycles. The van der Waals surface area contributed by atoms with E-state index in [0.29, 0.717) is 6.04 Å². The van der Waals surface area contributed by atoms with Crippen LogP contribution < -0.4 is 11.3 Å². The van der Waals surface area contributed by atoms with Crippen molar-refractivity contribution in [3.8, 4) is 0 Å². The minimum absolute atomic E-state index is 0.276. The molecule has 0 bridgehead atoms. The third kappa shape index (κ3) is 4.27. The normalized spacial score (nSPS) is 23.0. The molecule has 1 saturated heterocycles. The maximum absolute atomic E-state index is 5.88. The molecule has 1 aliphatic rings. The third-order valence-corrected chi connectivity index (χ3v) is 4.82. The van der Waals surface area contributed by atoms with E-state index in [1.165, 1.54) is 29.7 Å². The fourth-order valence-corrected chi connectivity index (χ4v) is 3.23. The van der Waals surface area contributed by atoms with E-state index in [1.807, 2.05) is 0 Å². The van der Waals surface area contributed by atoms with Gasteiger partial charge in [-0.3, -0.25) is 11.3 Å². The Hall–Kier alpha value is -0.940. The maximum atomic E-state index is 5.88. The van der Waals surface area contributed by atoms with Crippen molar-refractivity contribution in [2.75, 3.05) is 33.7 Å². The Morgan fingerprint density at radius 1 is 1.24 bits per heavy atom. The van der Waals surface area contributed by atoms with Gasteiger partial charge in [-0.05, 0) is 70.6 Å². The van der Waals surface area contributed by atoms with Gasteiger partial charge in [0.2, 0.25) is 0 Å². The van der Waals surface area contributed by atoms with E-state index in [9.17, 15) is 0 Å². The Kier molecular flexibility index (Phi) is 5.76. The van der Waals surface area contributed by atoms with Crippen LogP contribution >= 0.6 is 0 Å². The molecule has 1 fully saturated rings. The smallest absolute Gasteiger partial charge is 0.0418 e. The van der Waals surface area contributed by atoms with E-state index >= 15 is 0 Å². The summed E-state index contributed by atoms with van der Waals surface area (Å²) in [6.45, 7) is 7.71. The first-order valence-electron chi connectivity index (χ1n) is 7.92. The van der Waals surface area contributed by atoms with Crippen LogP contribution in [0.3, 0.4) is 0 Å². The number of benzene rings is 1. The number of hydrogen-bond donors (Lipinski definition) is 2. The van der Waals surface area contributed by atoms with E-state index in [0.717, 1.165) is 19.5 Å². The predicted molar refractivity (Wildman–Crippen MR) is 89.3 cm³/mol. The number of aryl methyl sites for hydroxylation is 2. The molecule has 4 heteroatoms. The molecule has 1 aliphatic heterocycles. The summed E-state index contributed by atoms with van der Waals surface area (Å²) in [5.74, 6) is 5.88. The number of likely N-dealkylation sites (N-methyl/N-ethyl adjacent to an activating group) is 2. The first kappa shape index (κ1) is 16.4. The Morgan fingerprint density at radius 3 is 2.67 bits per heavy atom. The average molecular weight is 290 g/mol. The maximum Gasteiger partial charge on any atom is 0.0418 e. The second kappa shape index (κ2) is 7.36. The minimum atomic E-state index is 0.276. The number of hydrazine groups is 1. The fraction of sp³-hybridized carbons (Fsp3) is 0.647. The summed E-state index contributed by atoms with van der Waals surface area (Å²) in [5.41, 5.74) is 7.13. The van der Waals surface area contributed by atoms with Gasteiger partial charge in [-0.25, -0.2) is 0 Å². The van der Waals surface area contributed by atoms with Gasteiger partial charge < -0.3 is 9.80 Å². The topological polar surface area (TPSA) is 44.5 Å². The van der Waals surface area contributed by atoms with Gasteiger partial charge in [0.15, 0.2) is 0 Å². The van der Waals surface area contributed by atoms with Crippen molar-refractivity contribution >= 4 is 0 Å². The number of nitrogens with two attached hydrogens (primary N) is 1. The van der Waals surface area contributed by atoms with Crippen LogP contribution in [-0.4, -0.2) is 55.6 Å². The molecule has 21 heavy (non-hydrogen) atoms. The highest BCUT2D eigenvalue weighted by atomic mass is 15.3. The molecule has 1 aromatic rings. The van der Waals surface area contributed by atoms with Crippen LogP contribution in [0.15, 0.2) is 18.2 Å². The van der Waals surface area contributed by atoms with E-state index < -0.39 is 0 Å². The van der Waals surface area contributed by atoms with Crippen molar-refractivity contribution in [3.05, 3.63) is 34.9 Å². The molecule has 3 N–H and O–H groups in total. The Balaban J connectivity index is 2.11. The van der Waals surface area contributed by atoms with Crippen LogP contribution in [0.25, 0.3) is 0 Å². The van der Waals surface area contributed by atoms with Crippen LogP contribution in [0.2, 0.25) is 0 Å². The molecule has 0 aliphatic carbocycles. The largest absolute Gasteiger partial charge is 0.305 e. The fourth-order valence-electron chi connectivity index (χ4n) is 3.23. The van der Waals surface area contributed by atoms with Crippen LogP contribution in [0.5, 0.6) is 0 Å². The van der Waals surface area contributed by atoms with Gasteiger partial charge in [-0.15, -0.1) is 0 Å².